The molecular formula is C21H27N3O3. The van der Waals surface area contributed by atoms with Crippen LogP contribution in [0.15, 0.2) is 30.7 Å². The molecule has 27 heavy (non-hydrogen) atoms. The molecule has 1 aromatic heterocycles. The molecule has 2 aromatic rings. The van der Waals surface area contributed by atoms with Crippen LogP contribution in [0.3, 0.4) is 0 Å². The fourth-order valence-electron chi connectivity index (χ4n) is 4.19. The van der Waals surface area contributed by atoms with Crippen LogP contribution >= 0.6 is 0 Å². The Morgan fingerprint density at radius 3 is 2.81 bits per heavy atom. The maximum atomic E-state index is 12.8. The van der Waals surface area contributed by atoms with Gasteiger partial charge in [-0.1, -0.05) is 0 Å². The van der Waals surface area contributed by atoms with Gasteiger partial charge in [-0.25, -0.2) is 4.98 Å². The third-order valence-electron chi connectivity index (χ3n) is 5.88. The molecule has 1 amide bonds. The smallest absolute Gasteiger partial charge is 0.251 e. The van der Waals surface area contributed by atoms with E-state index >= 15 is 0 Å². The molecular weight excluding hydrogens is 342 g/mol. The molecule has 4 rings (SSSR count). The number of benzene rings is 1. The van der Waals surface area contributed by atoms with Gasteiger partial charge in [0, 0.05) is 17.2 Å². The molecule has 1 aliphatic heterocycles. The number of amides is 1. The minimum atomic E-state index is -0.644. The van der Waals surface area contributed by atoms with Gasteiger partial charge in [-0.3, -0.25) is 4.79 Å². The lowest BCUT2D eigenvalue weighted by molar-refractivity contribution is -0.00257. The van der Waals surface area contributed by atoms with E-state index in [1.807, 2.05) is 42.8 Å². The van der Waals surface area contributed by atoms with E-state index in [2.05, 4.69) is 10.3 Å². The quantitative estimate of drug-likeness (QED) is 0.872. The van der Waals surface area contributed by atoms with Gasteiger partial charge in [0.15, 0.2) is 0 Å². The number of carbonyl (C=O) groups excluding carboxylic acids is 1. The Labute approximate surface area is 159 Å². The van der Waals surface area contributed by atoms with Crippen molar-refractivity contribution in [2.75, 3.05) is 6.61 Å². The molecule has 2 aliphatic rings. The van der Waals surface area contributed by atoms with Crippen LogP contribution in [0.1, 0.15) is 49.9 Å². The van der Waals surface area contributed by atoms with E-state index in [0.717, 1.165) is 49.2 Å². The monoisotopic (exact) mass is 369 g/mol. The highest BCUT2D eigenvalue weighted by atomic mass is 16.5. The minimum Gasteiger partial charge on any atom is -0.491 e. The first kappa shape index (κ1) is 18.0. The standard InChI is InChI=1S/C21H27N3O3/c1-21(2,26)15-4-6-16(7-5-15)23-20(25)14-3-8-19-17(11-14)18-12-22-13-24(18)9-10-27-19/h3,8,11-13,15-16,26H,4-7,9-10H2,1-2H3,(H,23,25). The lowest BCUT2D eigenvalue weighted by Gasteiger charge is -2.36. The number of rotatable bonds is 3. The molecule has 2 heterocycles. The summed E-state index contributed by atoms with van der Waals surface area (Å²) in [5.41, 5.74) is 1.87. The maximum Gasteiger partial charge on any atom is 0.251 e. The summed E-state index contributed by atoms with van der Waals surface area (Å²) in [5, 5.41) is 13.3. The summed E-state index contributed by atoms with van der Waals surface area (Å²) in [6, 6.07) is 5.75. The number of nitrogens with zero attached hydrogens (tertiary/aromatic N) is 2. The molecule has 2 N–H and O–H groups in total. The molecule has 6 heteroatoms. The number of nitrogens with one attached hydrogen (secondary N) is 1. The van der Waals surface area contributed by atoms with Gasteiger partial charge in [0.1, 0.15) is 12.4 Å². The topological polar surface area (TPSA) is 76.4 Å². The van der Waals surface area contributed by atoms with Crippen LogP contribution in [0.2, 0.25) is 0 Å². The number of hydrogen-bond acceptors (Lipinski definition) is 4. The van der Waals surface area contributed by atoms with E-state index in [1.54, 1.807) is 6.33 Å². The largest absolute Gasteiger partial charge is 0.491 e. The molecule has 144 valence electrons. The van der Waals surface area contributed by atoms with Crippen LogP contribution in [0.4, 0.5) is 0 Å². The molecule has 0 unspecified atom stereocenters. The number of fused-ring (bicyclic) bond motifs is 3. The van der Waals surface area contributed by atoms with Gasteiger partial charge in [0.2, 0.25) is 0 Å². The van der Waals surface area contributed by atoms with Gasteiger partial charge < -0.3 is 19.7 Å². The second kappa shape index (κ2) is 7.00. The molecule has 0 radical (unpaired) electrons. The normalized spacial score (nSPS) is 22.2. The summed E-state index contributed by atoms with van der Waals surface area (Å²) >= 11 is 0. The van der Waals surface area contributed by atoms with Crippen molar-refractivity contribution in [1.29, 1.82) is 0 Å². The van der Waals surface area contributed by atoms with Crippen molar-refractivity contribution in [3.8, 4) is 17.0 Å². The Bertz CT molecular complexity index is 829. The number of aliphatic hydroxyl groups is 1. The highest BCUT2D eigenvalue weighted by molar-refractivity contribution is 5.96. The van der Waals surface area contributed by atoms with E-state index in [1.165, 1.54) is 0 Å². The Hall–Kier alpha value is -2.34. The molecule has 1 saturated carbocycles. The predicted octanol–water partition coefficient (Wildman–Crippen LogP) is 3.00. The van der Waals surface area contributed by atoms with Gasteiger partial charge in [-0.2, -0.15) is 0 Å². The second-order valence-electron chi connectivity index (χ2n) is 8.21. The molecule has 1 fully saturated rings. The molecule has 0 atom stereocenters. The average Bonchev–Trinajstić information content (AvgIpc) is 3.03. The molecule has 1 aromatic carbocycles. The van der Waals surface area contributed by atoms with Crippen LogP contribution in [0.5, 0.6) is 5.75 Å². The number of aromatic nitrogens is 2. The minimum absolute atomic E-state index is 0.0557. The van der Waals surface area contributed by atoms with Crippen molar-refractivity contribution >= 4 is 5.91 Å². The highest BCUT2D eigenvalue weighted by Gasteiger charge is 2.32. The Kier molecular flexibility index (Phi) is 4.68. The number of ether oxygens (including phenoxy) is 1. The van der Waals surface area contributed by atoms with Crippen LogP contribution in [0.25, 0.3) is 11.3 Å². The van der Waals surface area contributed by atoms with Crippen molar-refractivity contribution in [3.05, 3.63) is 36.3 Å². The predicted molar refractivity (Wildman–Crippen MR) is 103 cm³/mol. The van der Waals surface area contributed by atoms with Crippen molar-refractivity contribution in [3.63, 3.8) is 0 Å². The average molecular weight is 369 g/mol. The van der Waals surface area contributed by atoms with Crippen LogP contribution in [0, 0.1) is 5.92 Å². The van der Waals surface area contributed by atoms with Gasteiger partial charge in [-0.15, -0.1) is 0 Å². The molecule has 0 bridgehead atoms. The zero-order chi connectivity index (χ0) is 19.0. The first-order valence-electron chi connectivity index (χ1n) is 9.72. The Balaban J connectivity index is 1.47. The zero-order valence-corrected chi connectivity index (χ0v) is 15.9. The lowest BCUT2D eigenvalue weighted by atomic mass is 9.77. The highest BCUT2D eigenvalue weighted by Crippen LogP contribution is 2.34. The van der Waals surface area contributed by atoms with Crippen LogP contribution < -0.4 is 10.1 Å². The van der Waals surface area contributed by atoms with E-state index in [4.69, 9.17) is 4.74 Å². The summed E-state index contributed by atoms with van der Waals surface area (Å²) in [6.45, 7) is 5.08. The van der Waals surface area contributed by atoms with Crippen molar-refractivity contribution in [1.82, 2.24) is 14.9 Å². The SMILES string of the molecule is CC(C)(O)C1CCC(NC(=O)c2ccc3c(c2)-c2cncn2CCO3)CC1. The summed E-state index contributed by atoms with van der Waals surface area (Å²) in [5.74, 6) is 1.03. The van der Waals surface area contributed by atoms with Gasteiger partial charge in [-0.05, 0) is 63.6 Å². The van der Waals surface area contributed by atoms with Gasteiger partial charge in [0.05, 0.1) is 30.4 Å². The molecule has 0 saturated heterocycles. The Morgan fingerprint density at radius 1 is 1.30 bits per heavy atom. The van der Waals surface area contributed by atoms with Gasteiger partial charge in [0.25, 0.3) is 5.91 Å². The lowest BCUT2D eigenvalue weighted by Crippen LogP contribution is -2.41. The fourth-order valence-corrected chi connectivity index (χ4v) is 4.19. The van der Waals surface area contributed by atoms with Crippen molar-refractivity contribution in [2.24, 2.45) is 5.92 Å². The van der Waals surface area contributed by atoms with E-state index < -0.39 is 5.60 Å². The zero-order valence-electron chi connectivity index (χ0n) is 15.9. The van der Waals surface area contributed by atoms with Crippen LogP contribution in [-0.4, -0.2) is 38.8 Å². The number of carbonyl (C=O) groups is 1. The molecule has 6 nitrogen and oxygen atoms in total. The summed E-state index contributed by atoms with van der Waals surface area (Å²) in [6.07, 6.45) is 7.29. The summed E-state index contributed by atoms with van der Waals surface area (Å²) in [7, 11) is 0. The summed E-state index contributed by atoms with van der Waals surface area (Å²) < 4.78 is 7.86. The Morgan fingerprint density at radius 2 is 2.07 bits per heavy atom. The number of hydrogen-bond donors (Lipinski definition) is 2. The first-order valence-corrected chi connectivity index (χ1v) is 9.72. The van der Waals surface area contributed by atoms with E-state index in [9.17, 15) is 9.90 Å². The van der Waals surface area contributed by atoms with E-state index in [0.29, 0.717) is 18.1 Å². The first-order chi connectivity index (χ1) is 12.9. The van der Waals surface area contributed by atoms with Crippen molar-refractivity contribution in [2.45, 2.75) is 57.7 Å². The fraction of sp³-hybridized carbons (Fsp3) is 0.524. The maximum absolute atomic E-state index is 12.8. The molecule has 1 aliphatic carbocycles. The van der Waals surface area contributed by atoms with E-state index in [-0.39, 0.29) is 11.9 Å². The van der Waals surface area contributed by atoms with Gasteiger partial charge >= 0.3 is 0 Å². The van der Waals surface area contributed by atoms with Crippen LogP contribution in [-0.2, 0) is 6.54 Å². The summed E-state index contributed by atoms with van der Waals surface area (Å²) in [4.78, 5) is 17.0. The molecule has 0 spiro atoms. The van der Waals surface area contributed by atoms with Crippen molar-refractivity contribution < 1.29 is 14.6 Å². The number of imidazole rings is 1. The third kappa shape index (κ3) is 3.72. The second-order valence-corrected chi connectivity index (χ2v) is 8.21. The third-order valence-corrected chi connectivity index (χ3v) is 5.88.